The first-order chi connectivity index (χ1) is 10.0. The number of nitrogens with one attached hydrogen (secondary N) is 1. The van der Waals surface area contributed by atoms with Gasteiger partial charge in [0.05, 0.1) is 6.04 Å². The smallest absolute Gasteiger partial charge is 0.126 e. The van der Waals surface area contributed by atoms with Crippen molar-refractivity contribution in [3.63, 3.8) is 0 Å². The van der Waals surface area contributed by atoms with Crippen molar-refractivity contribution >= 4 is 15.9 Å². The first-order valence-corrected chi connectivity index (χ1v) is 8.07. The van der Waals surface area contributed by atoms with Crippen LogP contribution in [0.3, 0.4) is 0 Å². The Bertz CT molecular complexity index is 625. The van der Waals surface area contributed by atoms with Crippen LogP contribution < -0.4 is 5.32 Å². The first-order valence-electron chi connectivity index (χ1n) is 7.28. The lowest BCUT2D eigenvalue weighted by atomic mass is 9.94. The Hall–Kier alpha value is -1.19. The quantitative estimate of drug-likeness (QED) is 0.772. The normalized spacial score (nSPS) is 12.4. The van der Waals surface area contributed by atoms with Gasteiger partial charge in [0.15, 0.2) is 0 Å². The minimum atomic E-state index is -0.154. The summed E-state index contributed by atoms with van der Waals surface area (Å²) in [6.45, 7) is 6.99. The summed E-state index contributed by atoms with van der Waals surface area (Å²) in [5, 5.41) is 3.57. The van der Waals surface area contributed by atoms with Crippen molar-refractivity contribution in [3.8, 4) is 0 Å². The Morgan fingerprint density at radius 1 is 1.10 bits per heavy atom. The second-order valence-electron chi connectivity index (χ2n) is 5.40. The molecule has 21 heavy (non-hydrogen) atoms. The molecule has 0 radical (unpaired) electrons. The lowest BCUT2D eigenvalue weighted by Gasteiger charge is -2.22. The van der Waals surface area contributed by atoms with Crippen LogP contribution in [0.5, 0.6) is 0 Å². The molecule has 1 unspecified atom stereocenters. The SMILES string of the molecule is CCCNC(c1ccc(F)c(C)c1)c1cc(Br)ccc1C. The summed E-state index contributed by atoms with van der Waals surface area (Å²) in [7, 11) is 0. The van der Waals surface area contributed by atoms with Crippen molar-refractivity contribution in [3.05, 3.63) is 68.9 Å². The Kier molecular flexibility index (Phi) is 5.54. The average molecular weight is 350 g/mol. The monoisotopic (exact) mass is 349 g/mol. The molecule has 0 aliphatic heterocycles. The molecule has 0 amide bonds. The third-order valence-corrected chi connectivity index (χ3v) is 4.16. The van der Waals surface area contributed by atoms with Gasteiger partial charge in [-0.2, -0.15) is 0 Å². The molecule has 0 spiro atoms. The van der Waals surface area contributed by atoms with E-state index in [4.69, 9.17) is 0 Å². The third-order valence-electron chi connectivity index (χ3n) is 3.67. The van der Waals surface area contributed by atoms with Gasteiger partial charge in [-0.1, -0.05) is 41.1 Å². The zero-order valence-electron chi connectivity index (χ0n) is 12.7. The Morgan fingerprint density at radius 3 is 2.52 bits per heavy atom. The van der Waals surface area contributed by atoms with E-state index >= 15 is 0 Å². The molecule has 0 bridgehead atoms. The molecule has 2 aromatic carbocycles. The van der Waals surface area contributed by atoms with Crippen molar-refractivity contribution in [2.24, 2.45) is 0 Å². The highest BCUT2D eigenvalue weighted by atomic mass is 79.9. The molecule has 2 aromatic rings. The molecular weight excluding hydrogens is 329 g/mol. The van der Waals surface area contributed by atoms with E-state index in [1.165, 1.54) is 11.1 Å². The van der Waals surface area contributed by atoms with E-state index in [0.717, 1.165) is 23.0 Å². The molecule has 112 valence electrons. The lowest BCUT2D eigenvalue weighted by molar-refractivity contribution is 0.588. The fourth-order valence-electron chi connectivity index (χ4n) is 2.47. The highest BCUT2D eigenvalue weighted by Gasteiger charge is 2.16. The standard InChI is InChI=1S/C18H21BrFN/c1-4-9-21-18(14-6-8-17(20)13(3)10-14)16-11-15(19)7-5-12(16)2/h5-8,10-11,18,21H,4,9H2,1-3H3. The maximum Gasteiger partial charge on any atom is 0.126 e. The van der Waals surface area contributed by atoms with Crippen LogP contribution in [0.2, 0.25) is 0 Å². The van der Waals surface area contributed by atoms with E-state index in [-0.39, 0.29) is 11.9 Å². The Morgan fingerprint density at radius 2 is 1.86 bits per heavy atom. The predicted molar refractivity (Wildman–Crippen MR) is 90.2 cm³/mol. The summed E-state index contributed by atoms with van der Waals surface area (Å²) in [6.07, 6.45) is 1.06. The number of rotatable bonds is 5. The van der Waals surface area contributed by atoms with E-state index in [1.807, 2.05) is 25.1 Å². The maximum atomic E-state index is 13.5. The van der Waals surface area contributed by atoms with Crippen LogP contribution >= 0.6 is 15.9 Å². The van der Waals surface area contributed by atoms with Gasteiger partial charge in [0.25, 0.3) is 0 Å². The molecule has 0 saturated heterocycles. The molecule has 3 heteroatoms. The topological polar surface area (TPSA) is 12.0 Å². The molecule has 1 atom stereocenters. The van der Waals surface area contributed by atoms with Gasteiger partial charge < -0.3 is 5.32 Å². The summed E-state index contributed by atoms with van der Waals surface area (Å²) in [5.41, 5.74) is 4.24. The van der Waals surface area contributed by atoms with Gasteiger partial charge in [-0.15, -0.1) is 0 Å². The molecule has 0 aliphatic rings. The van der Waals surface area contributed by atoms with Gasteiger partial charge in [-0.25, -0.2) is 4.39 Å². The van der Waals surface area contributed by atoms with Crippen molar-refractivity contribution in [2.75, 3.05) is 6.54 Å². The summed E-state index contributed by atoms with van der Waals surface area (Å²) in [5.74, 6) is -0.154. The molecule has 2 rings (SSSR count). The minimum absolute atomic E-state index is 0.0850. The highest BCUT2D eigenvalue weighted by molar-refractivity contribution is 9.10. The van der Waals surface area contributed by atoms with Crippen LogP contribution in [-0.4, -0.2) is 6.54 Å². The van der Waals surface area contributed by atoms with Gasteiger partial charge in [0.2, 0.25) is 0 Å². The first kappa shape index (κ1) is 16.2. The van der Waals surface area contributed by atoms with E-state index in [2.05, 4.69) is 47.2 Å². The number of hydrogen-bond acceptors (Lipinski definition) is 1. The Labute approximate surface area is 134 Å². The van der Waals surface area contributed by atoms with Gasteiger partial charge in [0, 0.05) is 4.47 Å². The van der Waals surface area contributed by atoms with Crippen molar-refractivity contribution in [1.29, 1.82) is 0 Å². The fraction of sp³-hybridized carbons (Fsp3) is 0.333. The van der Waals surface area contributed by atoms with Crippen LogP contribution in [0, 0.1) is 19.7 Å². The lowest BCUT2D eigenvalue weighted by Crippen LogP contribution is -2.24. The van der Waals surface area contributed by atoms with Crippen LogP contribution in [0.25, 0.3) is 0 Å². The molecule has 0 fully saturated rings. The maximum absolute atomic E-state index is 13.5. The molecule has 0 aromatic heterocycles. The van der Waals surface area contributed by atoms with Gasteiger partial charge >= 0.3 is 0 Å². The summed E-state index contributed by atoms with van der Waals surface area (Å²) < 4.78 is 14.6. The van der Waals surface area contributed by atoms with E-state index in [9.17, 15) is 4.39 Å². The number of hydrogen-bond donors (Lipinski definition) is 1. The van der Waals surface area contributed by atoms with Crippen LogP contribution in [0.1, 0.15) is 41.6 Å². The minimum Gasteiger partial charge on any atom is -0.306 e. The second kappa shape index (κ2) is 7.19. The zero-order chi connectivity index (χ0) is 15.4. The van der Waals surface area contributed by atoms with E-state index < -0.39 is 0 Å². The van der Waals surface area contributed by atoms with Crippen LogP contribution in [0.15, 0.2) is 40.9 Å². The molecule has 1 nitrogen and oxygen atoms in total. The molecule has 0 heterocycles. The summed E-state index contributed by atoms with van der Waals surface area (Å²) >= 11 is 3.54. The summed E-state index contributed by atoms with van der Waals surface area (Å²) in [6, 6.07) is 11.7. The Balaban J connectivity index is 2.46. The van der Waals surface area contributed by atoms with Crippen molar-refractivity contribution < 1.29 is 4.39 Å². The number of halogens is 2. The zero-order valence-corrected chi connectivity index (χ0v) is 14.3. The van der Waals surface area contributed by atoms with Gasteiger partial charge in [-0.05, 0) is 67.3 Å². The largest absolute Gasteiger partial charge is 0.306 e. The van der Waals surface area contributed by atoms with E-state index in [1.54, 1.807) is 6.07 Å². The summed E-state index contributed by atoms with van der Waals surface area (Å²) in [4.78, 5) is 0. The highest BCUT2D eigenvalue weighted by Crippen LogP contribution is 2.28. The molecular formula is C18H21BrFN. The van der Waals surface area contributed by atoms with Gasteiger partial charge in [0.1, 0.15) is 5.82 Å². The van der Waals surface area contributed by atoms with Crippen LogP contribution in [0.4, 0.5) is 4.39 Å². The molecule has 0 aliphatic carbocycles. The van der Waals surface area contributed by atoms with Crippen LogP contribution in [-0.2, 0) is 0 Å². The number of benzene rings is 2. The number of aryl methyl sites for hydroxylation is 2. The second-order valence-corrected chi connectivity index (χ2v) is 6.31. The van der Waals surface area contributed by atoms with E-state index in [0.29, 0.717) is 5.56 Å². The average Bonchev–Trinajstić information content (AvgIpc) is 2.46. The van der Waals surface area contributed by atoms with Crippen molar-refractivity contribution in [2.45, 2.75) is 33.2 Å². The van der Waals surface area contributed by atoms with Gasteiger partial charge in [-0.3, -0.25) is 0 Å². The third kappa shape index (κ3) is 3.92. The predicted octanol–water partition coefficient (Wildman–Crippen LogP) is 5.29. The van der Waals surface area contributed by atoms with Crippen molar-refractivity contribution in [1.82, 2.24) is 5.32 Å². The fourth-order valence-corrected chi connectivity index (χ4v) is 2.84. The molecule has 0 saturated carbocycles. The molecule has 1 N–H and O–H groups in total.